The van der Waals surface area contributed by atoms with Gasteiger partial charge in [0.25, 0.3) is 0 Å². The van der Waals surface area contributed by atoms with Gasteiger partial charge in [0.1, 0.15) is 29.9 Å². The van der Waals surface area contributed by atoms with Gasteiger partial charge in [0.2, 0.25) is 0 Å². The topological polar surface area (TPSA) is 90.2 Å². The number of ether oxygens (including phenoxy) is 1. The second kappa shape index (κ2) is 4.59. The SMILES string of the molecule is CSC1OC(CO)C(O)C(O)C1O. The van der Waals surface area contributed by atoms with Crippen LogP contribution in [0.15, 0.2) is 0 Å². The Hall–Kier alpha value is 0.150. The van der Waals surface area contributed by atoms with Gasteiger partial charge in [-0.2, -0.15) is 0 Å². The average Bonchev–Trinajstić information content (AvgIpc) is 2.15. The molecule has 13 heavy (non-hydrogen) atoms. The first-order valence-electron chi connectivity index (χ1n) is 3.95. The Labute approximate surface area is 80.3 Å². The van der Waals surface area contributed by atoms with Gasteiger partial charge in [-0.25, -0.2) is 0 Å². The van der Waals surface area contributed by atoms with Crippen molar-refractivity contribution < 1.29 is 25.2 Å². The van der Waals surface area contributed by atoms with Gasteiger partial charge in [-0.3, -0.25) is 0 Å². The van der Waals surface area contributed by atoms with E-state index in [2.05, 4.69) is 0 Å². The number of aliphatic hydroxyl groups is 4. The van der Waals surface area contributed by atoms with Gasteiger partial charge in [0.15, 0.2) is 0 Å². The lowest BCUT2D eigenvalue weighted by molar-refractivity contribution is -0.205. The van der Waals surface area contributed by atoms with E-state index >= 15 is 0 Å². The van der Waals surface area contributed by atoms with Crippen molar-refractivity contribution in [3.63, 3.8) is 0 Å². The van der Waals surface area contributed by atoms with Crippen LogP contribution in [0.2, 0.25) is 0 Å². The molecule has 0 amide bonds. The van der Waals surface area contributed by atoms with Crippen molar-refractivity contribution >= 4 is 11.8 Å². The van der Waals surface area contributed by atoms with E-state index in [0.717, 1.165) is 0 Å². The third kappa shape index (κ3) is 2.15. The van der Waals surface area contributed by atoms with E-state index < -0.39 is 29.9 Å². The van der Waals surface area contributed by atoms with Crippen LogP contribution in [-0.2, 0) is 4.74 Å². The highest BCUT2D eigenvalue weighted by atomic mass is 32.2. The van der Waals surface area contributed by atoms with Gasteiger partial charge >= 0.3 is 0 Å². The molecule has 0 saturated carbocycles. The van der Waals surface area contributed by atoms with E-state index in [1.807, 2.05) is 0 Å². The molecule has 1 fully saturated rings. The van der Waals surface area contributed by atoms with Gasteiger partial charge < -0.3 is 25.2 Å². The fourth-order valence-electron chi connectivity index (χ4n) is 1.26. The molecule has 1 aliphatic rings. The monoisotopic (exact) mass is 210 g/mol. The van der Waals surface area contributed by atoms with Crippen LogP contribution in [0.4, 0.5) is 0 Å². The second-order valence-electron chi connectivity index (χ2n) is 2.93. The van der Waals surface area contributed by atoms with Crippen LogP contribution < -0.4 is 0 Å². The molecule has 0 aromatic carbocycles. The van der Waals surface area contributed by atoms with Crippen LogP contribution in [0.1, 0.15) is 0 Å². The van der Waals surface area contributed by atoms with Crippen LogP contribution in [0.25, 0.3) is 0 Å². The zero-order valence-corrected chi connectivity index (χ0v) is 8.02. The Kier molecular flexibility index (Phi) is 3.96. The molecule has 0 aromatic rings. The van der Waals surface area contributed by atoms with Gasteiger partial charge in [-0.15, -0.1) is 11.8 Å². The van der Waals surface area contributed by atoms with Crippen molar-refractivity contribution in [1.29, 1.82) is 0 Å². The number of thioether (sulfide) groups is 1. The van der Waals surface area contributed by atoms with Crippen LogP contribution in [-0.4, -0.2) is 63.1 Å². The zero-order valence-electron chi connectivity index (χ0n) is 7.20. The molecule has 0 aliphatic carbocycles. The number of aliphatic hydroxyl groups excluding tert-OH is 4. The summed E-state index contributed by atoms with van der Waals surface area (Å²) in [7, 11) is 0. The predicted octanol–water partition coefficient (Wildman–Crippen LogP) is -1.85. The first kappa shape index (κ1) is 11.2. The molecule has 1 rings (SSSR count). The lowest BCUT2D eigenvalue weighted by Gasteiger charge is -2.39. The summed E-state index contributed by atoms with van der Waals surface area (Å²) in [5.41, 5.74) is -0.601. The van der Waals surface area contributed by atoms with Gasteiger partial charge in [-0.1, -0.05) is 0 Å². The molecule has 4 N–H and O–H groups in total. The van der Waals surface area contributed by atoms with Crippen molar-refractivity contribution in [3.8, 4) is 0 Å². The van der Waals surface area contributed by atoms with Gasteiger partial charge in [-0.05, 0) is 6.26 Å². The largest absolute Gasteiger partial charge is 0.394 e. The zero-order chi connectivity index (χ0) is 10.0. The summed E-state index contributed by atoms with van der Waals surface area (Å²) < 4.78 is 5.13. The van der Waals surface area contributed by atoms with Gasteiger partial charge in [0.05, 0.1) is 6.61 Å². The minimum atomic E-state index is -1.26. The molecule has 0 bridgehead atoms. The highest BCUT2D eigenvalue weighted by molar-refractivity contribution is 7.99. The summed E-state index contributed by atoms with van der Waals surface area (Å²) >= 11 is 1.22. The average molecular weight is 210 g/mol. The van der Waals surface area contributed by atoms with Crippen molar-refractivity contribution in [2.24, 2.45) is 0 Å². The Morgan fingerprint density at radius 1 is 1.15 bits per heavy atom. The summed E-state index contributed by atoms with van der Waals surface area (Å²) in [6.07, 6.45) is -2.72. The van der Waals surface area contributed by atoms with Crippen molar-refractivity contribution in [2.45, 2.75) is 29.9 Å². The Bertz CT molecular complexity index is 147. The van der Waals surface area contributed by atoms with E-state index in [0.29, 0.717) is 0 Å². The van der Waals surface area contributed by atoms with Crippen LogP contribution in [0.5, 0.6) is 0 Å². The minimum absolute atomic E-state index is 0.373. The van der Waals surface area contributed by atoms with Crippen molar-refractivity contribution in [1.82, 2.24) is 0 Å². The van der Waals surface area contributed by atoms with E-state index in [1.54, 1.807) is 6.26 Å². The van der Waals surface area contributed by atoms with Gasteiger partial charge in [0, 0.05) is 0 Å². The van der Waals surface area contributed by atoms with Crippen LogP contribution >= 0.6 is 11.8 Å². The molecule has 78 valence electrons. The third-order valence-corrected chi connectivity index (χ3v) is 2.94. The van der Waals surface area contributed by atoms with E-state index in [1.165, 1.54) is 11.8 Å². The van der Waals surface area contributed by atoms with E-state index in [-0.39, 0.29) is 6.61 Å². The van der Waals surface area contributed by atoms with E-state index in [9.17, 15) is 15.3 Å². The molecular formula is C7H14O5S. The molecule has 5 nitrogen and oxygen atoms in total. The third-order valence-electron chi connectivity index (χ3n) is 2.08. The highest BCUT2D eigenvalue weighted by Crippen LogP contribution is 2.26. The highest BCUT2D eigenvalue weighted by Gasteiger charge is 2.42. The molecule has 1 heterocycles. The lowest BCUT2D eigenvalue weighted by Crippen LogP contribution is -2.57. The molecule has 0 spiro atoms. The summed E-state index contributed by atoms with van der Waals surface area (Å²) in [6.45, 7) is -0.373. The Balaban J connectivity index is 2.66. The normalized spacial score (nSPS) is 46.4. The second-order valence-corrected chi connectivity index (χ2v) is 3.87. The van der Waals surface area contributed by atoms with Crippen LogP contribution in [0, 0.1) is 0 Å². The summed E-state index contributed by atoms with van der Waals surface area (Å²) in [5, 5.41) is 36.8. The summed E-state index contributed by atoms with van der Waals surface area (Å²) in [6, 6.07) is 0. The number of rotatable bonds is 2. The van der Waals surface area contributed by atoms with E-state index in [4.69, 9.17) is 9.84 Å². The molecule has 6 heteroatoms. The quantitative estimate of drug-likeness (QED) is 0.428. The molecule has 5 atom stereocenters. The predicted molar refractivity (Wildman–Crippen MR) is 47.3 cm³/mol. The van der Waals surface area contributed by atoms with Crippen LogP contribution in [0.3, 0.4) is 0 Å². The standard InChI is InChI=1S/C7H14O5S/c1-13-7-6(11)5(10)4(9)3(2-8)12-7/h3-11H,2H2,1H3. The smallest absolute Gasteiger partial charge is 0.132 e. The van der Waals surface area contributed by atoms with Crippen molar-refractivity contribution in [2.75, 3.05) is 12.9 Å². The number of hydrogen-bond donors (Lipinski definition) is 4. The first-order chi connectivity index (χ1) is 6.11. The van der Waals surface area contributed by atoms with Crippen molar-refractivity contribution in [3.05, 3.63) is 0 Å². The number of hydrogen-bond acceptors (Lipinski definition) is 6. The molecule has 5 unspecified atom stereocenters. The first-order valence-corrected chi connectivity index (χ1v) is 5.24. The Morgan fingerprint density at radius 3 is 2.23 bits per heavy atom. The summed E-state index contributed by atoms with van der Waals surface area (Å²) in [5.74, 6) is 0. The lowest BCUT2D eigenvalue weighted by atomic mass is 10.0. The molecular weight excluding hydrogens is 196 g/mol. The molecule has 1 aliphatic heterocycles. The maximum absolute atomic E-state index is 9.38. The molecule has 1 saturated heterocycles. The fourth-order valence-corrected chi connectivity index (χ4v) is 1.96. The fraction of sp³-hybridized carbons (Fsp3) is 1.00. The molecule has 0 aromatic heterocycles. The minimum Gasteiger partial charge on any atom is -0.394 e. The molecule has 0 radical (unpaired) electrons. The summed E-state index contributed by atoms with van der Waals surface area (Å²) in [4.78, 5) is 0. The maximum atomic E-state index is 9.38. The maximum Gasteiger partial charge on any atom is 0.132 e. The Morgan fingerprint density at radius 2 is 1.77 bits per heavy atom.